The molecule has 0 unspecified atom stereocenters. The number of benzene rings is 1. The summed E-state index contributed by atoms with van der Waals surface area (Å²) in [5.74, 6) is 0. The molecule has 3 rings (SSSR count). The van der Waals surface area contributed by atoms with Crippen molar-refractivity contribution in [2.75, 3.05) is 20.1 Å². The van der Waals surface area contributed by atoms with Gasteiger partial charge in [-0.05, 0) is 96.8 Å². The van der Waals surface area contributed by atoms with E-state index in [-0.39, 0.29) is 0 Å². The first-order chi connectivity index (χ1) is 11.4. The summed E-state index contributed by atoms with van der Waals surface area (Å²) < 4.78 is 0. The number of nitrogens with zero attached hydrogens (tertiary/aromatic N) is 1. The topological polar surface area (TPSA) is 15.3 Å². The number of hydrogen-bond acceptors (Lipinski definition) is 2. The second kappa shape index (κ2) is 6.80. The predicted molar refractivity (Wildman–Crippen MR) is 103 cm³/mol. The van der Waals surface area contributed by atoms with Crippen molar-refractivity contribution in [3.05, 3.63) is 35.9 Å². The van der Waals surface area contributed by atoms with Crippen molar-refractivity contribution >= 4 is 0 Å². The smallest absolute Gasteiger partial charge is 0.0219 e. The third-order valence-electron chi connectivity index (χ3n) is 6.96. The number of hydrogen-bond donors (Lipinski definition) is 1. The average Bonchev–Trinajstić information content (AvgIpc) is 2.58. The van der Waals surface area contributed by atoms with Crippen LogP contribution in [0.3, 0.4) is 0 Å². The summed E-state index contributed by atoms with van der Waals surface area (Å²) in [5.41, 5.74) is 2.75. The predicted octanol–water partition coefficient (Wildman–Crippen LogP) is 4.64. The molecule has 0 amide bonds. The fourth-order valence-electron chi connectivity index (χ4n) is 4.91. The third kappa shape index (κ3) is 3.86. The minimum Gasteiger partial charge on any atom is -0.314 e. The van der Waals surface area contributed by atoms with Crippen molar-refractivity contribution in [1.82, 2.24) is 10.2 Å². The molecule has 1 aromatic rings. The standard InChI is InChI=1S/C22H36N2/c1-20(2,3)24-16-14-21(15-17-24)10-12-22(23-4,13-11-21)18-19-8-6-5-7-9-19/h5-9,23H,10-18H2,1-4H3. The summed E-state index contributed by atoms with van der Waals surface area (Å²) in [4.78, 5) is 2.68. The molecule has 0 bridgehead atoms. The van der Waals surface area contributed by atoms with Gasteiger partial charge in [0.05, 0.1) is 0 Å². The first kappa shape index (κ1) is 17.9. The molecule has 1 saturated heterocycles. The largest absolute Gasteiger partial charge is 0.314 e. The molecular weight excluding hydrogens is 292 g/mol. The maximum atomic E-state index is 3.71. The van der Waals surface area contributed by atoms with Crippen LogP contribution in [-0.4, -0.2) is 36.1 Å². The van der Waals surface area contributed by atoms with Gasteiger partial charge in [0.1, 0.15) is 0 Å². The first-order valence-corrected chi connectivity index (χ1v) is 9.85. The molecule has 0 radical (unpaired) electrons. The normalized spacial score (nSPS) is 24.2. The number of likely N-dealkylation sites (N-methyl/N-ethyl adjacent to an activating group) is 1. The summed E-state index contributed by atoms with van der Waals surface area (Å²) in [6.07, 6.45) is 9.43. The molecule has 2 aliphatic rings. The molecule has 1 saturated carbocycles. The number of nitrogens with one attached hydrogen (secondary N) is 1. The van der Waals surface area contributed by atoms with Crippen molar-refractivity contribution in [2.24, 2.45) is 5.41 Å². The van der Waals surface area contributed by atoms with Crippen molar-refractivity contribution in [3.63, 3.8) is 0 Å². The highest BCUT2D eigenvalue weighted by Crippen LogP contribution is 2.48. The van der Waals surface area contributed by atoms with Gasteiger partial charge in [-0.3, -0.25) is 4.90 Å². The zero-order valence-electron chi connectivity index (χ0n) is 16.2. The molecule has 0 aromatic heterocycles. The van der Waals surface area contributed by atoms with Crippen LogP contribution in [0.2, 0.25) is 0 Å². The van der Waals surface area contributed by atoms with Crippen molar-refractivity contribution in [1.29, 1.82) is 0 Å². The van der Waals surface area contributed by atoms with E-state index in [4.69, 9.17) is 0 Å². The Labute approximate surface area is 149 Å². The Hall–Kier alpha value is -0.860. The minimum absolute atomic E-state index is 0.313. The van der Waals surface area contributed by atoms with Crippen molar-refractivity contribution < 1.29 is 0 Å². The second-order valence-corrected chi connectivity index (χ2v) is 9.35. The Kier molecular flexibility index (Phi) is 5.09. The lowest BCUT2D eigenvalue weighted by Crippen LogP contribution is -2.54. The molecule has 24 heavy (non-hydrogen) atoms. The molecule has 2 nitrogen and oxygen atoms in total. The van der Waals surface area contributed by atoms with Gasteiger partial charge in [-0.25, -0.2) is 0 Å². The fourth-order valence-corrected chi connectivity index (χ4v) is 4.91. The number of likely N-dealkylation sites (tertiary alicyclic amines) is 1. The molecule has 1 aliphatic heterocycles. The average molecular weight is 329 g/mol. The highest BCUT2D eigenvalue weighted by molar-refractivity contribution is 5.19. The molecule has 1 aliphatic carbocycles. The molecule has 2 heteroatoms. The second-order valence-electron chi connectivity index (χ2n) is 9.35. The van der Waals surface area contributed by atoms with Gasteiger partial charge in [-0.15, -0.1) is 0 Å². The lowest BCUT2D eigenvalue weighted by atomic mass is 9.62. The van der Waals surface area contributed by atoms with Gasteiger partial charge < -0.3 is 5.32 Å². The van der Waals surface area contributed by atoms with Crippen LogP contribution in [0.15, 0.2) is 30.3 Å². The van der Waals surface area contributed by atoms with E-state index in [0.29, 0.717) is 16.5 Å². The summed E-state index contributed by atoms with van der Waals surface area (Å²) in [7, 11) is 2.17. The SMILES string of the molecule is CNC1(Cc2ccccc2)CCC2(CCN(C(C)(C)C)CC2)CC1. The summed E-state index contributed by atoms with van der Waals surface area (Å²) >= 11 is 0. The van der Waals surface area contributed by atoms with Gasteiger partial charge in [0.25, 0.3) is 0 Å². The van der Waals surface area contributed by atoms with Crippen LogP contribution < -0.4 is 5.32 Å². The van der Waals surface area contributed by atoms with Crippen LogP contribution in [0.1, 0.15) is 64.9 Å². The van der Waals surface area contributed by atoms with Gasteiger partial charge in [0.15, 0.2) is 0 Å². The van der Waals surface area contributed by atoms with Gasteiger partial charge in [-0.1, -0.05) is 30.3 Å². The third-order valence-corrected chi connectivity index (χ3v) is 6.96. The van der Waals surface area contributed by atoms with Gasteiger partial charge in [0, 0.05) is 11.1 Å². The van der Waals surface area contributed by atoms with E-state index in [1.54, 1.807) is 0 Å². The van der Waals surface area contributed by atoms with Crippen LogP contribution in [0.25, 0.3) is 0 Å². The number of piperidine rings is 1. The molecule has 1 spiro atoms. The van der Waals surface area contributed by atoms with E-state index in [2.05, 4.69) is 68.4 Å². The molecule has 0 atom stereocenters. The Morgan fingerprint density at radius 3 is 2.00 bits per heavy atom. The molecule has 134 valence electrons. The van der Waals surface area contributed by atoms with Crippen LogP contribution in [0.5, 0.6) is 0 Å². The van der Waals surface area contributed by atoms with Crippen molar-refractivity contribution in [2.45, 2.75) is 76.8 Å². The maximum Gasteiger partial charge on any atom is 0.0219 e. The summed E-state index contributed by atoms with van der Waals surface area (Å²) in [6, 6.07) is 11.0. The van der Waals surface area contributed by atoms with Crippen LogP contribution in [0.4, 0.5) is 0 Å². The van der Waals surface area contributed by atoms with E-state index < -0.39 is 0 Å². The maximum absolute atomic E-state index is 3.71. The van der Waals surface area contributed by atoms with E-state index in [1.807, 2.05) is 0 Å². The number of rotatable bonds is 3. The zero-order chi connectivity index (χ0) is 17.3. The van der Waals surface area contributed by atoms with Crippen LogP contribution >= 0.6 is 0 Å². The molecule has 1 N–H and O–H groups in total. The zero-order valence-corrected chi connectivity index (χ0v) is 16.2. The highest BCUT2D eigenvalue weighted by Gasteiger charge is 2.44. The van der Waals surface area contributed by atoms with Crippen molar-refractivity contribution in [3.8, 4) is 0 Å². The molecule has 2 fully saturated rings. The summed E-state index contributed by atoms with van der Waals surface area (Å²) in [5, 5.41) is 3.71. The van der Waals surface area contributed by atoms with E-state index in [0.717, 1.165) is 0 Å². The summed E-state index contributed by atoms with van der Waals surface area (Å²) in [6.45, 7) is 9.65. The highest BCUT2D eigenvalue weighted by atomic mass is 15.2. The fraction of sp³-hybridized carbons (Fsp3) is 0.727. The van der Waals surface area contributed by atoms with Gasteiger partial charge >= 0.3 is 0 Å². The molecular formula is C22H36N2. The lowest BCUT2D eigenvalue weighted by molar-refractivity contribution is 0.00443. The Morgan fingerprint density at radius 2 is 1.50 bits per heavy atom. The Balaban J connectivity index is 1.60. The Bertz CT molecular complexity index is 511. The minimum atomic E-state index is 0.313. The van der Waals surface area contributed by atoms with E-state index in [9.17, 15) is 0 Å². The molecule has 1 heterocycles. The first-order valence-electron chi connectivity index (χ1n) is 9.85. The van der Waals surface area contributed by atoms with Gasteiger partial charge in [0.2, 0.25) is 0 Å². The van der Waals surface area contributed by atoms with Crippen LogP contribution in [-0.2, 0) is 6.42 Å². The quantitative estimate of drug-likeness (QED) is 0.869. The molecule has 1 aromatic carbocycles. The van der Waals surface area contributed by atoms with E-state index >= 15 is 0 Å². The lowest BCUT2D eigenvalue weighted by Gasteiger charge is -2.52. The van der Waals surface area contributed by atoms with Crippen LogP contribution in [0, 0.1) is 5.41 Å². The van der Waals surface area contributed by atoms with E-state index in [1.165, 1.54) is 63.6 Å². The monoisotopic (exact) mass is 328 g/mol. The van der Waals surface area contributed by atoms with Gasteiger partial charge in [-0.2, -0.15) is 0 Å². The Morgan fingerprint density at radius 1 is 0.917 bits per heavy atom.